The van der Waals surface area contributed by atoms with E-state index in [0.29, 0.717) is 16.3 Å². The first kappa shape index (κ1) is 20.6. The summed E-state index contributed by atoms with van der Waals surface area (Å²) in [6.07, 6.45) is 6.73. The number of carbonyl (C=O) groups is 1. The lowest BCUT2D eigenvalue weighted by atomic mass is 9.87. The molecule has 1 aliphatic carbocycles. The summed E-state index contributed by atoms with van der Waals surface area (Å²) in [6, 6.07) is 3.57. The number of aryl methyl sites for hydroxylation is 1. The van der Waals surface area contributed by atoms with Crippen LogP contribution < -0.4 is 0 Å². The van der Waals surface area contributed by atoms with Crippen molar-refractivity contribution in [3.05, 3.63) is 35.8 Å². The van der Waals surface area contributed by atoms with E-state index < -0.39 is 5.79 Å². The monoisotopic (exact) mass is 422 g/mol. The fraction of sp³-hybridized carbons (Fsp3) is 0.682. The zero-order valence-electron chi connectivity index (χ0n) is 16.9. The van der Waals surface area contributed by atoms with Crippen molar-refractivity contribution < 1.29 is 18.7 Å². The molecule has 4 nitrogen and oxygen atoms in total. The molecule has 2 aliphatic heterocycles. The zero-order chi connectivity index (χ0) is 19.8. The summed E-state index contributed by atoms with van der Waals surface area (Å²) < 4.78 is 18.9. The van der Waals surface area contributed by atoms with Gasteiger partial charge in [0.05, 0.1) is 17.8 Å². The van der Waals surface area contributed by atoms with E-state index in [1.54, 1.807) is 12.1 Å². The molecule has 3 fully saturated rings. The highest BCUT2D eigenvalue weighted by atomic mass is 32.2. The lowest BCUT2D eigenvalue weighted by Gasteiger charge is -2.45. The van der Waals surface area contributed by atoms with Gasteiger partial charge in [-0.2, -0.15) is 0 Å². The van der Waals surface area contributed by atoms with Crippen LogP contribution in [0.5, 0.6) is 0 Å². The van der Waals surface area contributed by atoms with Crippen molar-refractivity contribution in [3.63, 3.8) is 0 Å². The Bertz CT molecular complexity index is 723. The van der Waals surface area contributed by atoms with Gasteiger partial charge in [-0.25, -0.2) is 0 Å². The molecule has 2 saturated heterocycles. The number of rotatable bonds is 5. The normalized spacial score (nSPS) is 29.8. The number of allylic oxidation sites excluding steroid dienone is 2. The van der Waals surface area contributed by atoms with Crippen LogP contribution in [0.25, 0.3) is 0 Å². The number of thioether (sulfide) groups is 2. The molecule has 1 aromatic heterocycles. The molecule has 0 aromatic carbocycles. The summed E-state index contributed by atoms with van der Waals surface area (Å²) in [5.41, 5.74) is 0.0632. The molecular weight excluding hydrogens is 392 g/mol. The molecule has 1 aromatic rings. The second kappa shape index (κ2) is 8.21. The van der Waals surface area contributed by atoms with Crippen molar-refractivity contribution >= 4 is 29.3 Å². The Kier molecular flexibility index (Phi) is 6.03. The molecule has 1 saturated carbocycles. The predicted molar refractivity (Wildman–Crippen MR) is 115 cm³/mol. The number of furan rings is 1. The molecule has 2 atom stereocenters. The van der Waals surface area contributed by atoms with E-state index in [0.717, 1.165) is 38.2 Å². The summed E-state index contributed by atoms with van der Waals surface area (Å²) >= 11 is 4.10. The molecule has 1 spiro atoms. The molecular formula is C22H30O4S2. The maximum atomic E-state index is 12.5. The van der Waals surface area contributed by atoms with Gasteiger partial charge in [0.15, 0.2) is 11.5 Å². The maximum Gasteiger partial charge on any atom is 0.220 e. The van der Waals surface area contributed by atoms with Gasteiger partial charge in [0, 0.05) is 29.3 Å². The van der Waals surface area contributed by atoms with Crippen LogP contribution in [0.4, 0.5) is 0 Å². The summed E-state index contributed by atoms with van der Waals surface area (Å²) in [7, 11) is 0. The summed E-state index contributed by atoms with van der Waals surface area (Å²) in [4.78, 5) is 12.5. The molecule has 3 heterocycles. The molecule has 0 unspecified atom stereocenters. The van der Waals surface area contributed by atoms with E-state index >= 15 is 0 Å². The van der Waals surface area contributed by atoms with Crippen molar-refractivity contribution in [1.82, 2.24) is 0 Å². The Labute approximate surface area is 176 Å². The van der Waals surface area contributed by atoms with Crippen molar-refractivity contribution in [2.75, 3.05) is 24.7 Å². The van der Waals surface area contributed by atoms with Crippen LogP contribution in [0.1, 0.15) is 49.4 Å². The lowest BCUT2D eigenvalue weighted by molar-refractivity contribution is -0.315. The van der Waals surface area contributed by atoms with E-state index in [1.165, 1.54) is 11.5 Å². The second-order valence-corrected chi connectivity index (χ2v) is 11.8. The third-order valence-corrected chi connectivity index (χ3v) is 9.02. The lowest BCUT2D eigenvalue weighted by Crippen LogP contribution is -2.50. The molecule has 0 radical (unpaired) electrons. The van der Waals surface area contributed by atoms with Crippen molar-refractivity contribution in [3.8, 4) is 0 Å². The Morgan fingerprint density at radius 2 is 1.93 bits per heavy atom. The van der Waals surface area contributed by atoms with Crippen LogP contribution in [-0.4, -0.2) is 40.9 Å². The van der Waals surface area contributed by atoms with Crippen molar-refractivity contribution in [2.45, 2.75) is 50.4 Å². The molecule has 3 aliphatic rings. The third-order valence-electron chi connectivity index (χ3n) is 5.94. The topological polar surface area (TPSA) is 48.7 Å². The minimum absolute atomic E-state index is 0.0632. The van der Waals surface area contributed by atoms with Crippen LogP contribution >= 0.6 is 23.5 Å². The van der Waals surface area contributed by atoms with E-state index in [4.69, 9.17) is 13.9 Å². The largest absolute Gasteiger partial charge is 0.458 e. The second-order valence-electron chi connectivity index (χ2n) is 8.90. The molecule has 0 bridgehead atoms. The highest BCUT2D eigenvalue weighted by Crippen LogP contribution is 2.52. The van der Waals surface area contributed by atoms with Crippen LogP contribution in [0.2, 0.25) is 0 Å². The van der Waals surface area contributed by atoms with Gasteiger partial charge in [-0.15, -0.1) is 23.5 Å². The Hall–Kier alpha value is -0.690. The van der Waals surface area contributed by atoms with Gasteiger partial charge in [-0.3, -0.25) is 4.79 Å². The van der Waals surface area contributed by atoms with Gasteiger partial charge in [0.1, 0.15) is 5.76 Å². The average molecular weight is 423 g/mol. The SMILES string of the molecule is Cc1ccc(C(=O)C=C[C@H]2CCC3(OCC(C)(C)CO3)[C@@H]2CC2SCCS2)o1. The molecule has 0 amide bonds. The molecule has 0 N–H and O–H groups in total. The maximum absolute atomic E-state index is 12.5. The van der Waals surface area contributed by atoms with Gasteiger partial charge in [0.25, 0.3) is 0 Å². The predicted octanol–water partition coefficient (Wildman–Crippen LogP) is 5.32. The van der Waals surface area contributed by atoms with E-state index in [9.17, 15) is 4.79 Å². The van der Waals surface area contributed by atoms with Crippen LogP contribution in [0.3, 0.4) is 0 Å². The summed E-state index contributed by atoms with van der Waals surface area (Å²) in [6.45, 7) is 7.69. The summed E-state index contributed by atoms with van der Waals surface area (Å²) in [5.74, 6) is 3.64. The standard InChI is InChI=1S/C22H30O4S2/c1-15-4-7-19(26-15)18(23)6-5-16-8-9-22(24-13-21(2,3)14-25-22)17(16)12-20-27-10-11-28-20/h4-7,16-17,20H,8-14H2,1-3H3/t16-,17+/m0/s1. The Morgan fingerprint density at radius 3 is 2.57 bits per heavy atom. The number of hydrogen-bond acceptors (Lipinski definition) is 6. The molecule has 154 valence electrons. The van der Waals surface area contributed by atoms with Gasteiger partial charge >= 0.3 is 0 Å². The van der Waals surface area contributed by atoms with Crippen molar-refractivity contribution in [2.24, 2.45) is 17.3 Å². The van der Waals surface area contributed by atoms with Crippen LogP contribution in [0, 0.1) is 24.2 Å². The number of hydrogen-bond donors (Lipinski definition) is 0. The minimum atomic E-state index is -0.488. The third kappa shape index (κ3) is 4.40. The van der Waals surface area contributed by atoms with E-state index in [2.05, 4.69) is 19.9 Å². The van der Waals surface area contributed by atoms with Gasteiger partial charge in [-0.05, 0) is 43.9 Å². The van der Waals surface area contributed by atoms with Crippen LogP contribution in [0.15, 0.2) is 28.7 Å². The number of carbonyl (C=O) groups excluding carboxylic acids is 1. The highest BCUT2D eigenvalue weighted by molar-refractivity contribution is 8.20. The number of ketones is 1. The molecule has 6 heteroatoms. The van der Waals surface area contributed by atoms with Crippen LogP contribution in [-0.2, 0) is 9.47 Å². The van der Waals surface area contributed by atoms with Gasteiger partial charge in [0.2, 0.25) is 5.78 Å². The van der Waals surface area contributed by atoms with E-state index in [1.807, 2.05) is 36.5 Å². The first-order valence-corrected chi connectivity index (χ1v) is 12.3. The Balaban J connectivity index is 1.50. The minimum Gasteiger partial charge on any atom is -0.458 e. The average Bonchev–Trinajstić information content (AvgIpc) is 3.39. The molecule has 28 heavy (non-hydrogen) atoms. The molecule has 4 rings (SSSR count). The van der Waals surface area contributed by atoms with E-state index in [-0.39, 0.29) is 17.1 Å². The quantitative estimate of drug-likeness (QED) is 0.473. The smallest absolute Gasteiger partial charge is 0.220 e. The highest BCUT2D eigenvalue weighted by Gasteiger charge is 2.53. The van der Waals surface area contributed by atoms with Gasteiger partial charge in [-0.1, -0.05) is 19.9 Å². The fourth-order valence-electron chi connectivity index (χ4n) is 4.35. The summed E-state index contributed by atoms with van der Waals surface area (Å²) in [5, 5.41) is 0. The number of ether oxygens (including phenoxy) is 2. The first-order chi connectivity index (χ1) is 13.4. The Morgan fingerprint density at radius 1 is 1.21 bits per heavy atom. The zero-order valence-corrected chi connectivity index (χ0v) is 18.6. The van der Waals surface area contributed by atoms with Crippen molar-refractivity contribution in [1.29, 1.82) is 0 Å². The first-order valence-electron chi connectivity index (χ1n) is 10.2. The van der Waals surface area contributed by atoms with Gasteiger partial charge < -0.3 is 13.9 Å². The fourth-order valence-corrected chi connectivity index (χ4v) is 7.30.